The summed E-state index contributed by atoms with van der Waals surface area (Å²) in [5.41, 5.74) is 2.07. The fraction of sp³-hybridized carbons (Fsp3) is 0.308. The average molecular weight is 297 g/mol. The van der Waals surface area contributed by atoms with Crippen LogP contribution in [0.5, 0.6) is 0 Å². The molecule has 0 fully saturated rings. The molecule has 0 aliphatic rings. The molecular weight excluding hydrogens is 281 g/mol. The van der Waals surface area contributed by atoms with E-state index in [0.717, 1.165) is 29.8 Å². The van der Waals surface area contributed by atoms with Crippen LogP contribution in [0, 0.1) is 12.7 Å². The molecule has 1 aromatic heterocycles. The van der Waals surface area contributed by atoms with Crippen LogP contribution in [0.1, 0.15) is 17.7 Å². The summed E-state index contributed by atoms with van der Waals surface area (Å²) in [6.45, 7) is 2.25. The van der Waals surface area contributed by atoms with Gasteiger partial charge in [0.25, 0.3) is 0 Å². The molecule has 0 aliphatic heterocycles. The SMILES string of the molecule is Cc1[nH]ncc1CCCNS(=O)(=O)c1ccc(F)cc1. The van der Waals surface area contributed by atoms with Crippen molar-refractivity contribution in [1.29, 1.82) is 0 Å². The lowest BCUT2D eigenvalue weighted by atomic mass is 10.1. The van der Waals surface area contributed by atoms with E-state index in [0.29, 0.717) is 13.0 Å². The lowest BCUT2D eigenvalue weighted by molar-refractivity contribution is 0.578. The smallest absolute Gasteiger partial charge is 0.240 e. The van der Waals surface area contributed by atoms with Crippen molar-refractivity contribution in [2.45, 2.75) is 24.7 Å². The summed E-state index contributed by atoms with van der Waals surface area (Å²) in [4.78, 5) is 0.0680. The van der Waals surface area contributed by atoms with Crippen molar-refractivity contribution in [3.05, 3.63) is 47.5 Å². The summed E-state index contributed by atoms with van der Waals surface area (Å²) in [6, 6.07) is 4.75. The van der Waals surface area contributed by atoms with Crippen LogP contribution >= 0.6 is 0 Å². The van der Waals surface area contributed by atoms with Crippen molar-refractivity contribution in [3.8, 4) is 0 Å². The first-order valence-electron chi connectivity index (χ1n) is 6.23. The highest BCUT2D eigenvalue weighted by atomic mass is 32.2. The number of hydrogen-bond donors (Lipinski definition) is 2. The van der Waals surface area contributed by atoms with Crippen LogP contribution in [0.2, 0.25) is 0 Å². The van der Waals surface area contributed by atoms with E-state index < -0.39 is 15.8 Å². The van der Waals surface area contributed by atoms with Gasteiger partial charge >= 0.3 is 0 Å². The molecule has 2 aromatic rings. The second kappa shape index (κ2) is 6.15. The summed E-state index contributed by atoms with van der Waals surface area (Å²) in [7, 11) is -3.57. The number of aryl methyl sites for hydroxylation is 2. The van der Waals surface area contributed by atoms with Crippen molar-refractivity contribution in [1.82, 2.24) is 14.9 Å². The zero-order valence-corrected chi connectivity index (χ0v) is 11.9. The molecule has 1 heterocycles. The molecule has 0 saturated heterocycles. The molecule has 108 valence electrons. The van der Waals surface area contributed by atoms with E-state index in [1.54, 1.807) is 6.20 Å². The molecule has 20 heavy (non-hydrogen) atoms. The minimum atomic E-state index is -3.57. The Labute approximate surface area is 117 Å². The van der Waals surface area contributed by atoms with Crippen LogP contribution in [0.4, 0.5) is 4.39 Å². The van der Waals surface area contributed by atoms with Crippen molar-refractivity contribution < 1.29 is 12.8 Å². The maximum absolute atomic E-state index is 12.8. The maximum atomic E-state index is 12.8. The molecule has 1 aromatic carbocycles. The zero-order chi connectivity index (χ0) is 14.6. The molecule has 0 spiro atoms. The number of aromatic amines is 1. The maximum Gasteiger partial charge on any atom is 0.240 e. The minimum Gasteiger partial charge on any atom is -0.283 e. The van der Waals surface area contributed by atoms with Crippen LogP contribution in [-0.4, -0.2) is 25.2 Å². The fourth-order valence-electron chi connectivity index (χ4n) is 1.81. The molecule has 0 unspecified atom stereocenters. The van der Waals surface area contributed by atoms with Gasteiger partial charge in [0.2, 0.25) is 10.0 Å². The van der Waals surface area contributed by atoms with Crippen molar-refractivity contribution in [2.75, 3.05) is 6.54 Å². The van der Waals surface area contributed by atoms with Crippen LogP contribution in [0.25, 0.3) is 0 Å². The lowest BCUT2D eigenvalue weighted by Crippen LogP contribution is -2.25. The highest BCUT2D eigenvalue weighted by Gasteiger charge is 2.13. The normalized spacial score (nSPS) is 11.7. The monoisotopic (exact) mass is 297 g/mol. The summed E-state index contributed by atoms with van der Waals surface area (Å²) in [6.07, 6.45) is 3.15. The summed E-state index contributed by atoms with van der Waals surface area (Å²) in [5.74, 6) is -0.459. The third-order valence-electron chi connectivity index (χ3n) is 2.97. The predicted molar refractivity (Wildman–Crippen MR) is 73.2 cm³/mol. The Hall–Kier alpha value is -1.73. The molecule has 0 atom stereocenters. The molecule has 2 N–H and O–H groups in total. The molecule has 0 bridgehead atoms. The first-order chi connectivity index (χ1) is 9.49. The molecule has 0 aliphatic carbocycles. The number of H-pyrrole nitrogens is 1. The number of sulfonamides is 1. The summed E-state index contributed by atoms with van der Waals surface area (Å²) in [5, 5.41) is 6.74. The Balaban J connectivity index is 1.87. The number of benzene rings is 1. The molecular formula is C13H16FN3O2S. The number of rotatable bonds is 6. The van der Waals surface area contributed by atoms with E-state index in [1.165, 1.54) is 12.1 Å². The lowest BCUT2D eigenvalue weighted by Gasteiger charge is -2.06. The topological polar surface area (TPSA) is 74.8 Å². The van der Waals surface area contributed by atoms with Gasteiger partial charge in [-0.2, -0.15) is 5.10 Å². The summed E-state index contributed by atoms with van der Waals surface area (Å²) < 4.78 is 39.1. The number of hydrogen-bond acceptors (Lipinski definition) is 3. The molecule has 5 nitrogen and oxygen atoms in total. The van der Waals surface area contributed by atoms with Gasteiger partial charge in [-0.25, -0.2) is 17.5 Å². The van der Waals surface area contributed by atoms with Crippen molar-refractivity contribution >= 4 is 10.0 Å². The second-order valence-corrected chi connectivity index (χ2v) is 6.24. The number of aromatic nitrogens is 2. The van der Waals surface area contributed by atoms with Crippen LogP contribution in [0.15, 0.2) is 35.4 Å². The quantitative estimate of drug-likeness (QED) is 0.798. The van der Waals surface area contributed by atoms with Crippen LogP contribution in [0.3, 0.4) is 0 Å². The molecule has 0 amide bonds. The van der Waals surface area contributed by atoms with Crippen LogP contribution < -0.4 is 4.72 Å². The van der Waals surface area contributed by atoms with Gasteiger partial charge in [-0.3, -0.25) is 5.10 Å². The van der Waals surface area contributed by atoms with Gasteiger partial charge in [0.05, 0.1) is 11.1 Å². The van der Waals surface area contributed by atoms with E-state index in [4.69, 9.17) is 0 Å². The standard InChI is InChI=1S/C13H16FN3O2S/c1-10-11(9-15-17-10)3-2-8-16-20(18,19)13-6-4-12(14)5-7-13/h4-7,9,16H,2-3,8H2,1H3,(H,15,17). The Morgan fingerprint density at radius 3 is 2.60 bits per heavy atom. The van der Waals surface area contributed by atoms with E-state index in [1.807, 2.05) is 6.92 Å². The average Bonchev–Trinajstić information content (AvgIpc) is 2.81. The Morgan fingerprint density at radius 2 is 2.00 bits per heavy atom. The van der Waals surface area contributed by atoms with Gasteiger partial charge in [-0.1, -0.05) is 0 Å². The first kappa shape index (κ1) is 14.7. The minimum absolute atomic E-state index is 0.0680. The molecule has 7 heteroatoms. The van der Waals surface area contributed by atoms with Crippen LogP contribution in [-0.2, 0) is 16.4 Å². The fourth-order valence-corrected chi connectivity index (χ4v) is 2.88. The Kier molecular flexibility index (Phi) is 4.51. The van der Waals surface area contributed by atoms with Gasteiger partial charge in [-0.05, 0) is 49.6 Å². The number of halogens is 1. The number of nitrogens with zero attached hydrogens (tertiary/aromatic N) is 1. The van der Waals surface area contributed by atoms with Gasteiger partial charge in [0.15, 0.2) is 0 Å². The van der Waals surface area contributed by atoms with Crippen molar-refractivity contribution in [2.24, 2.45) is 0 Å². The Morgan fingerprint density at radius 1 is 1.30 bits per heavy atom. The van der Waals surface area contributed by atoms with E-state index >= 15 is 0 Å². The first-order valence-corrected chi connectivity index (χ1v) is 7.71. The second-order valence-electron chi connectivity index (χ2n) is 4.48. The predicted octanol–water partition coefficient (Wildman–Crippen LogP) is 1.77. The largest absolute Gasteiger partial charge is 0.283 e. The third kappa shape index (κ3) is 3.64. The third-order valence-corrected chi connectivity index (χ3v) is 4.45. The molecule has 0 saturated carbocycles. The Bertz CT molecular complexity index is 665. The van der Waals surface area contributed by atoms with Gasteiger partial charge < -0.3 is 0 Å². The van der Waals surface area contributed by atoms with E-state index in [9.17, 15) is 12.8 Å². The molecule has 2 rings (SSSR count). The summed E-state index contributed by atoms with van der Waals surface area (Å²) >= 11 is 0. The highest BCUT2D eigenvalue weighted by molar-refractivity contribution is 7.89. The van der Waals surface area contributed by atoms with Gasteiger partial charge in [-0.15, -0.1) is 0 Å². The van der Waals surface area contributed by atoms with Gasteiger partial charge in [0.1, 0.15) is 5.82 Å². The van der Waals surface area contributed by atoms with E-state index in [-0.39, 0.29) is 4.90 Å². The molecule has 0 radical (unpaired) electrons. The van der Waals surface area contributed by atoms with Gasteiger partial charge in [0, 0.05) is 12.2 Å². The zero-order valence-electron chi connectivity index (χ0n) is 11.1. The number of nitrogens with one attached hydrogen (secondary N) is 2. The van der Waals surface area contributed by atoms with E-state index in [2.05, 4.69) is 14.9 Å². The van der Waals surface area contributed by atoms with Crippen molar-refractivity contribution in [3.63, 3.8) is 0 Å². The highest BCUT2D eigenvalue weighted by Crippen LogP contribution is 2.10.